The Morgan fingerprint density at radius 2 is 1.74 bits per heavy atom. The van der Waals surface area contributed by atoms with E-state index in [1.807, 2.05) is 13.0 Å². The lowest BCUT2D eigenvalue weighted by atomic mass is 9.85. The lowest BCUT2D eigenvalue weighted by Gasteiger charge is -2.16. The summed E-state index contributed by atoms with van der Waals surface area (Å²) in [6, 6.07) is 3.63. The minimum absolute atomic E-state index is 0.0665. The Labute approximate surface area is 111 Å². The zero-order valence-corrected chi connectivity index (χ0v) is 10.6. The fourth-order valence-corrected chi connectivity index (χ4v) is 3.72. The molecule has 4 nitrogen and oxygen atoms in total. The van der Waals surface area contributed by atoms with Gasteiger partial charge in [0.2, 0.25) is 11.8 Å². The van der Waals surface area contributed by atoms with E-state index in [1.54, 1.807) is 12.3 Å². The smallest absolute Gasteiger partial charge is 0.239 e. The third-order valence-electron chi connectivity index (χ3n) is 4.60. The average molecular weight is 254 g/mol. The normalized spacial score (nSPS) is 35.3. The van der Waals surface area contributed by atoms with E-state index in [9.17, 15) is 9.59 Å². The summed E-state index contributed by atoms with van der Waals surface area (Å²) in [5, 5.41) is 0. The summed E-state index contributed by atoms with van der Waals surface area (Å²) < 4.78 is 0. The van der Waals surface area contributed by atoms with Crippen molar-refractivity contribution in [3.05, 3.63) is 36.0 Å². The van der Waals surface area contributed by atoms with Gasteiger partial charge < -0.3 is 0 Å². The third kappa shape index (κ3) is 1.31. The van der Waals surface area contributed by atoms with Crippen LogP contribution in [0.1, 0.15) is 12.0 Å². The van der Waals surface area contributed by atoms with Crippen molar-refractivity contribution in [2.45, 2.75) is 13.3 Å². The molecule has 4 rings (SSSR count). The van der Waals surface area contributed by atoms with Crippen molar-refractivity contribution in [3.63, 3.8) is 0 Å². The predicted molar refractivity (Wildman–Crippen MR) is 69.2 cm³/mol. The number of allylic oxidation sites excluding steroid dienone is 2. The monoisotopic (exact) mass is 254 g/mol. The van der Waals surface area contributed by atoms with Crippen LogP contribution in [0, 0.1) is 30.6 Å². The zero-order valence-electron chi connectivity index (χ0n) is 10.6. The van der Waals surface area contributed by atoms with Crippen LogP contribution in [-0.4, -0.2) is 16.8 Å². The van der Waals surface area contributed by atoms with Gasteiger partial charge in [-0.25, -0.2) is 9.88 Å². The zero-order chi connectivity index (χ0) is 13.1. The first-order valence-electron chi connectivity index (χ1n) is 6.65. The molecular formula is C15H14N2O2. The van der Waals surface area contributed by atoms with Crippen LogP contribution in [-0.2, 0) is 9.59 Å². The van der Waals surface area contributed by atoms with Gasteiger partial charge in [0, 0.05) is 6.20 Å². The summed E-state index contributed by atoms with van der Waals surface area (Å²) in [6.45, 7) is 1.93. The highest BCUT2D eigenvalue weighted by Gasteiger charge is 2.59. The summed E-state index contributed by atoms with van der Waals surface area (Å²) in [4.78, 5) is 30.5. The maximum Gasteiger partial charge on any atom is 0.239 e. The number of anilines is 1. The van der Waals surface area contributed by atoms with E-state index in [1.165, 1.54) is 4.90 Å². The molecule has 1 aromatic heterocycles. The first-order chi connectivity index (χ1) is 9.16. The number of pyridine rings is 1. The molecule has 4 atom stereocenters. The molecule has 0 aromatic carbocycles. The Hall–Kier alpha value is -1.97. The van der Waals surface area contributed by atoms with E-state index >= 15 is 0 Å². The predicted octanol–water partition coefficient (Wildman–Crippen LogP) is 1.70. The molecule has 0 N–H and O–H groups in total. The number of hydrogen-bond acceptors (Lipinski definition) is 3. The fraction of sp³-hybridized carbons (Fsp3) is 0.400. The molecule has 2 amide bonds. The standard InChI is InChI=1S/C15H14N2O2/c1-8-2-5-11(16-7-8)17-14(18)12-9-3-4-10(6-9)13(12)15(17)19/h2-5,7,9-10,12-13H,6H2,1H3/t9-,10-,12+,13+/m0/s1. The molecule has 1 aliphatic heterocycles. The van der Waals surface area contributed by atoms with Gasteiger partial charge in [0.25, 0.3) is 0 Å². The van der Waals surface area contributed by atoms with E-state index in [4.69, 9.17) is 0 Å². The summed E-state index contributed by atoms with van der Waals surface area (Å²) in [6.07, 6.45) is 6.85. The quantitative estimate of drug-likeness (QED) is 0.566. The van der Waals surface area contributed by atoms with Crippen molar-refractivity contribution >= 4 is 17.6 Å². The summed E-state index contributed by atoms with van der Waals surface area (Å²) in [5.74, 6) is 0.542. The molecule has 3 aliphatic rings. The Bertz CT molecular complexity index is 575. The van der Waals surface area contributed by atoms with Crippen molar-refractivity contribution in [2.24, 2.45) is 23.7 Å². The average Bonchev–Trinajstić information content (AvgIpc) is 3.06. The number of nitrogens with zero attached hydrogens (tertiary/aromatic N) is 2. The van der Waals surface area contributed by atoms with Crippen LogP contribution in [0.25, 0.3) is 0 Å². The molecule has 19 heavy (non-hydrogen) atoms. The third-order valence-corrected chi connectivity index (χ3v) is 4.60. The number of hydrogen-bond donors (Lipinski definition) is 0. The maximum absolute atomic E-state index is 12.5. The molecule has 4 heteroatoms. The second-order valence-electron chi connectivity index (χ2n) is 5.71. The SMILES string of the molecule is Cc1ccc(N2C(=O)[C@H]3[C@H](C2=O)[C@H]2C=C[C@H]3C2)nc1. The number of fused-ring (bicyclic) bond motifs is 5. The second-order valence-corrected chi connectivity index (χ2v) is 5.71. The van der Waals surface area contributed by atoms with Crippen molar-refractivity contribution in [3.8, 4) is 0 Å². The van der Waals surface area contributed by atoms with Crippen LogP contribution in [0.5, 0.6) is 0 Å². The summed E-state index contributed by atoms with van der Waals surface area (Å²) >= 11 is 0. The molecule has 0 spiro atoms. The molecule has 1 saturated heterocycles. The Morgan fingerprint density at radius 3 is 2.26 bits per heavy atom. The minimum atomic E-state index is -0.148. The van der Waals surface area contributed by atoms with Gasteiger partial charge in [-0.3, -0.25) is 9.59 Å². The van der Waals surface area contributed by atoms with E-state index in [0.29, 0.717) is 5.82 Å². The van der Waals surface area contributed by atoms with E-state index in [2.05, 4.69) is 17.1 Å². The highest BCUT2D eigenvalue weighted by atomic mass is 16.2. The first kappa shape index (κ1) is 10.9. The number of imide groups is 1. The van der Waals surface area contributed by atoms with Crippen molar-refractivity contribution in [2.75, 3.05) is 4.90 Å². The van der Waals surface area contributed by atoms with Crippen LogP contribution in [0.3, 0.4) is 0 Å². The molecule has 2 fully saturated rings. The van der Waals surface area contributed by atoms with Crippen molar-refractivity contribution in [1.82, 2.24) is 4.98 Å². The highest BCUT2D eigenvalue weighted by Crippen LogP contribution is 2.52. The Morgan fingerprint density at radius 1 is 1.11 bits per heavy atom. The largest absolute Gasteiger partial charge is 0.274 e. The van der Waals surface area contributed by atoms with Gasteiger partial charge in [-0.1, -0.05) is 18.2 Å². The van der Waals surface area contributed by atoms with Crippen LogP contribution in [0.4, 0.5) is 5.82 Å². The van der Waals surface area contributed by atoms with E-state index < -0.39 is 0 Å². The molecule has 1 aromatic rings. The minimum Gasteiger partial charge on any atom is -0.274 e. The molecule has 0 unspecified atom stereocenters. The molecule has 0 radical (unpaired) electrons. The number of rotatable bonds is 1. The lowest BCUT2D eigenvalue weighted by Crippen LogP contribution is -2.33. The van der Waals surface area contributed by atoms with Gasteiger partial charge in [-0.05, 0) is 36.8 Å². The molecule has 2 aliphatic carbocycles. The highest BCUT2D eigenvalue weighted by molar-refractivity contribution is 6.22. The van der Waals surface area contributed by atoms with E-state index in [-0.39, 0.29) is 35.5 Å². The van der Waals surface area contributed by atoms with Crippen LogP contribution in [0.2, 0.25) is 0 Å². The van der Waals surface area contributed by atoms with E-state index in [0.717, 1.165) is 12.0 Å². The lowest BCUT2D eigenvalue weighted by molar-refractivity contribution is -0.123. The number of aromatic nitrogens is 1. The first-order valence-corrected chi connectivity index (χ1v) is 6.65. The number of carbonyl (C=O) groups is 2. The van der Waals surface area contributed by atoms with Crippen LogP contribution >= 0.6 is 0 Å². The Balaban J connectivity index is 1.74. The fourth-order valence-electron chi connectivity index (χ4n) is 3.72. The van der Waals surface area contributed by atoms with Gasteiger partial charge in [-0.15, -0.1) is 0 Å². The van der Waals surface area contributed by atoms with Gasteiger partial charge in [0.1, 0.15) is 5.82 Å². The number of aryl methyl sites for hydroxylation is 1. The number of carbonyl (C=O) groups excluding carboxylic acids is 2. The molecule has 2 bridgehead atoms. The maximum atomic E-state index is 12.5. The van der Waals surface area contributed by atoms with Gasteiger partial charge >= 0.3 is 0 Å². The molecule has 96 valence electrons. The van der Waals surface area contributed by atoms with Gasteiger partial charge in [-0.2, -0.15) is 0 Å². The van der Waals surface area contributed by atoms with Crippen molar-refractivity contribution < 1.29 is 9.59 Å². The molecule has 1 saturated carbocycles. The van der Waals surface area contributed by atoms with Gasteiger partial charge in [0.15, 0.2) is 0 Å². The molecule has 2 heterocycles. The Kier molecular flexibility index (Phi) is 2.03. The van der Waals surface area contributed by atoms with Crippen molar-refractivity contribution in [1.29, 1.82) is 0 Å². The van der Waals surface area contributed by atoms with Crippen LogP contribution < -0.4 is 4.90 Å². The second kappa shape index (κ2) is 3.53. The van der Waals surface area contributed by atoms with Crippen LogP contribution in [0.15, 0.2) is 30.5 Å². The topological polar surface area (TPSA) is 50.3 Å². The van der Waals surface area contributed by atoms with Gasteiger partial charge in [0.05, 0.1) is 11.8 Å². The summed E-state index contributed by atoms with van der Waals surface area (Å²) in [7, 11) is 0. The summed E-state index contributed by atoms with van der Waals surface area (Å²) in [5.41, 5.74) is 1.02. The molecular weight excluding hydrogens is 240 g/mol. The number of amides is 2.